The van der Waals surface area contributed by atoms with Gasteiger partial charge < -0.3 is 33.2 Å². The van der Waals surface area contributed by atoms with E-state index in [1.165, 1.54) is 13.0 Å². The number of hydrogen-bond acceptors (Lipinski definition) is 1. The molecule has 3 unspecified atom stereocenters. The number of ether oxygens (including phenoxy) is 1. The van der Waals surface area contributed by atoms with Crippen LogP contribution in [0.3, 0.4) is 0 Å². The first kappa shape index (κ1) is 17.5. The van der Waals surface area contributed by atoms with Gasteiger partial charge in [-0.15, -0.1) is 0 Å². The molecule has 0 amide bonds. The lowest BCUT2D eigenvalue weighted by Gasteiger charge is -2.49. The van der Waals surface area contributed by atoms with E-state index in [2.05, 4.69) is 47.0 Å². The molecule has 0 aromatic rings. The molecule has 0 aromatic carbocycles. The van der Waals surface area contributed by atoms with Crippen molar-refractivity contribution >= 4 is 0 Å². The minimum atomic E-state index is 0. The Morgan fingerprint density at radius 3 is 2.62 bits per heavy atom. The lowest BCUT2D eigenvalue weighted by Crippen LogP contribution is -3.00. The predicted octanol–water partition coefficient (Wildman–Crippen LogP) is 0.260. The largest absolute Gasteiger partial charge is 1.00 e. The summed E-state index contributed by atoms with van der Waals surface area (Å²) < 4.78 is 7.48. The van der Waals surface area contributed by atoms with Crippen molar-refractivity contribution in [2.45, 2.75) is 33.3 Å². The molecule has 0 saturated carbocycles. The maximum atomic E-state index is 6.37. The summed E-state index contributed by atoms with van der Waals surface area (Å²) in [6.45, 7) is 10.5. The van der Waals surface area contributed by atoms with Crippen molar-refractivity contribution in [3.8, 4) is 0 Å². The van der Waals surface area contributed by atoms with Gasteiger partial charge in [0, 0.05) is 17.9 Å². The summed E-state index contributed by atoms with van der Waals surface area (Å²) in [4.78, 5) is 0. The number of nitrogens with zero attached hydrogens (tertiary/aromatic N) is 1. The van der Waals surface area contributed by atoms with Gasteiger partial charge in [-0.1, -0.05) is 31.6 Å². The summed E-state index contributed by atoms with van der Waals surface area (Å²) in [7, 11) is 4.68. The van der Waals surface area contributed by atoms with Crippen molar-refractivity contribution in [2.75, 3.05) is 33.8 Å². The highest BCUT2D eigenvalue weighted by Gasteiger charge is 2.45. The van der Waals surface area contributed by atoms with E-state index in [0.717, 1.165) is 23.6 Å². The van der Waals surface area contributed by atoms with Crippen LogP contribution in [-0.2, 0) is 4.74 Å². The van der Waals surface area contributed by atoms with Gasteiger partial charge in [-0.3, -0.25) is 0 Å². The molecule has 1 fully saturated rings. The van der Waals surface area contributed by atoms with Gasteiger partial charge in [-0.2, -0.15) is 0 Å². The summed E-state index contributed by atoms with van der Waals surface area (Å²) in [5, 5.41) is 0. The number of halogens is 1. The Labute approximate surface area is 147 Å². The van der Waals surface area contributed by atoms with Gasteiger partial charge in [0.2, 0.25) is 0 Å². The summed E-state index contributed by atoms with van der Waals surface area (Å²) in [5.74, 6) is 2.75. The molecule has 3 heteroatoms. The second-order valence-corrected chi connectivity index (χ2v) is 7.96. The highest BCUT2D eigenvalue weighted by atomic mass is 127. The monoisotopic (exact) mass is 403 g/mol. The average Bonchev–Trinajstić information content (AvgIpc) is 2.34. The van der Waals surface area contributed by atoms with Crippen LogP contribution in [0.4, 0.5) is 0 Å². The molecule has 2 aliphatic heterocycles. The van der Waals surface area contributed by atoms with Crippen LogP contribution in [-0.4, -0.2) is 44.4 Å². The van der Waals surface area contributed by atoms with Gasteiger partial charge >= 0.3 is 0 Å². The Morgan fingerprint density at radius 1 is 1.24 bits per heavy atom. The number of likely N-dealkylation sites (N-methyl/N-ethyl adjacent to an activating group) is 1. The Morgan fingerprint density at radius 2 is 1.95 bits per heavy atom. The zero-order chi connectivity index (χ0) is 14.5. The molecular weight excluding hydrogens is 373 g/mol. The van der Waals surface area contributed by atoms with Crippen molar-refractivity contribution in [3.63, 3.8) is 0 Å². The maximum Gasteiger partial charge on any atom is 0.102 e. The van der Waals surface area contributed by atoms with Gasteiger partial charge in [0.05, 0.1) is 33.4 Å². The van der Waals surface area contributed by atoms with E-state index >= 15 is 0 Å². The minimum absolute atomic E-state index is 0. The highest BCUT2D eigenvalue weighted by molar-refractivity contribution is 5.24. The third-order valence-electron chi connectivity index (χ3n) is 5.88. The summed E-state index contributed by atoms with van der Waals surface area (Å²) >= 11 is 0. The Balaban J connectivity index is 0.00000161. The van der Waals surface area contributed by atoms with E-state index < -0.39 is 0 Å². The lowest BCUT2D eigenvalue weighted by molar-refractivity contribution is -0.887. The van der Waals surface area contributed by atoms with Crippen LogP contribution in [0, 0.1) is 23.7 Å². The number of hydrogen-bond donors (Lipinski definition) is 0. The smallest absolute Gasteiger partial charge is 0.102 e. The third-order valence-corrected chi connectivity index (χ3v) is 5.88. The summed E-state index contributed by atoms with van der Waals surface area (Å²) in [6.07, 6.45) is 6.51. The third kappa shape index (κ3) is 3.25. The molecule has 3 rings (SSSR count). The molecular formula is C18H30INO. The van der Waals surface area contributed by atoms with E-state index in [9.17, 15) is 0 Å². The minimum Gasteiger partial charge on any atom is -1.00 e. The number of allylic oxidation sites excluding steroid dienone is 1. The van der Waals surface area contributed by atoms with Gasteiger partial charge in [0.25, 0.3) is 0 Å². The molecule has 2 nitrogen and oxygen atoms in total. The molecule has 5 atom stereocenters. The molecule has 1 saturated heterocycles. The van der Waals surface area contributed by atoms with Crippen LogP contribution in [0.1, 0.15) is 27.2 Å². The first-order chi connectivity index (χ1) is 9.39. The topological polar surface area (TPSA) is 9.23 Å². The van der Waals surface area contributed by atoms with E-state index in [4.69, 9.17) is 4.74 Å². The van der Waals surface area contributed by atoms with Gasteiger partial charge in [0.1, 0.15) is 6.54 Å². The van der Waals surface area contributed by atoms with E-state index in [-0.39, 0.29) is 24.0 Å². The zero-order valence-electron chi connectivity index (χ0n) is 14.1. The van der Waals surface area contributed by atoms with Gasteiger partial charge in [-0.05, 0) is 24.7 Å². The number of quaternary nitrogens is 1. The van der Waals surface area contributed by atoms with Crippen molar-refractivity contribution in [1.82, 2.24) is 0 Å². The van der Waals surface area contributed by atoms with Crippen molar-refractivity contribution in [1.29, 1.82) is 0 Å². The van der Waals surface area contributed by atoms with E-state index in [1.54, 1.807) is 11.1 Å². The molecule has 0 radical (unpaired) electrons. The lowest BCUT2D eigenvalue weighted by atomic mass is 9.64. The first-order valence-corrected chi connectivity index (χ1v) is 8.20. The standard InChI is InChI=1S/C18H30NO.HI/c1-12-9-13(2)17-14(3)16(12)11-20-18(17)15-7-6-8-19(4,5)10-15;/h7,9,12,14,16-18H,6,8,10-11H2,1-5H3;1H/q+1;/p-1/t12?,14?,16-,17+,18?;/m1./s1. The molecule has 2 heterocycles. The molecule has 2 bridgehead atoms. The first-order valence-electron chi connectivity index (χ1n) is 8.20. The molecule has 0 spiro atoms. The maximum absolute atomic E-state index is 6.37. The van der Waals surface area contributed by atoms with Gasteiger partial charge in [-0.25, -0.2) is 0 Å². The second kappa shape index (κ2) is 6.32. The number of rotatable bonds is 1. The predicted molar refractivity (Wildman–Crippen MR) is 83.3 cm³/mol. The van der Waals surface area contributed by atoms with Crippen LogP contribution in [0.2, 0.25) is 0 Å². The quantitative estimate of drug-likeness (QED) is 0.347. The highest BCUT2D eigenvalue weighted by Crippen LogP contribution is 2.46. The molecule has 0 aromatic heterocycles. The number of fused-ring (bicyclic) bond motifs is 2. The van der Waals surface area contributed by atoms with Crippen LogP contribution >= 0.6 is 0 Å². The van der Waals surface area contributed by atoms with Crippen LogP contribution in [0.25, 0.3) is 0 Å². The van der Waals surface area contributed by atoms with Crippen molar-refractivity contribution in [3.05, 3.63) is 23.3 Å². The fourth-order valence-electron chi connectivity index (χ4n) is 4.73. The van der Waals surface area contributed by atoms with Crippen molar-refractivity contribution < 1.29 is 33.2 Å². The van der Waals surface area contributed by atoms with Gasteiger partial charge in [0.15, 0.2) is 0 Å². The fraction of sp³-hybridized carbons (Fsp3) is 0.778. The zero-order valence-corrected chi connectivity index (χ0v) is 16.3. The van der Waals surface area contributed by atoms with Crippen LogP contribution in [0.15, 0.2) is 23.3 Å². The normalized spacial score (nSPS) is 41.7. The molecule has 3 aliphatic rings. The van der Waals surface area contributed by atoms with E-state index in [1.807, 2.05) is 0 Å². The average molecular weight is 403 g/mol. The fourth-order valence-corrected chi connectivity index (χ4v) is 4.73. The summed E-state index contributed by atoms with van der Waals surface area (Å²) in [5.41, 5.74) is 3.11. The molecule has 0 N–H and O–H groups in total. The molecule has 1 aliphatic carbocycles. The second-order valence-electron chi connectivity index (χ2n) is 7.96. The SMILES string of the molecule is CC1=CC(C)[C@H]2COC(C3=CCC[N+](C)(C)C3)[C@@H]1C2C.[I-]. The van der Waals surface area contributed by atoms with Crippen molar-refractivity contribution in [2.24, 2.45) is 23.7 Å². The van der Waals surface area contributed by atoms with E-state index in [0.29, 0.717) is 23.9 Å². The van der Waals surface area contributed by atoms with Crippen LogP contribution in [0.5, 0.6) is 0 Å². The van der Waals surface area contributed by atoms with Crippen LogP contribution < -0.4 is 24.0 Å². The molecule has 21 heavy (non-hydrogen) atoms. The Bertz CT molecular complexity index is 454. The Kier molecular flexibility index (Phi) is 5.27. The Hall–Kier alpha value is 0.130. The molecule has 120 valence electrons. The summed E-state index contributed by atoms with van der Waals surface area (Å²) in [6, 6.07) is 0.